The van der Waals surface area contributed by atoms with Gasteiger partial charge < -0.3 is 16.2 Å². The lowest BCUT2D eigenvalue weighted by Crippen LogP contribution is -2.37. The third-order valence-electron chi connectivity index (χ3n) is 2.94. The van der Waals surface area contributed by atoms with Gasteiger partial charge >= 0.3 is 6.09 Å². The molecule has 0 radical (unpaired) electrons. The number of amides is 1. The number of nitrogens with one attached hydrogen (secondary N) is 1. The smallest absolute Gasteiger partial charge is 0.404 e. The van der Waals surface area contributed by atoms with Crippen LogP contribution in [-0.2, 0) is 10.0 Å². The molecule has 1 unspecified atom stereocenters. The molecule has 1 aliphatic rings. The van der Waals surface area contributed by atoms with Crippen LogP contribution in [-0.4, -0.2) is 48.0 Å². The van der Waals surface area contributed by atoms with Gasteiger partial charge in [-0.1, -0.05) is 0 Å². The molecule has 0 aliphatic carbocycles. The molecule has 1 aliphatic heterocycles. The van der Waals surface area contributed by atoms with E-state index in [0.717, 1.165) is 0 Å². The number of hydrogen-bond donors (Lipinski definition) is 3. The number of rotatable bonds is 3. The molecule has 0 bridgehead atoms. The number of halogens is 1. The standard InChI is InChI=1S/C10H13BrN4O4S/c11-6-3-8(9(12)13-4-6)20(18,19)15-2-1-7(5-15)14-10(16)17/h3-4,7,14H,1-2,5H2,(H2,12,13)(H,16,17). The van der Waals surface area contributed by atoms with E-state index in [4.69, 9.17) is 10.8 Å². The fourth-order valence-corrected chi connectivity index (χ4v) is 4.09. The molecule has 0 aromatic carbocycles. The molecule has 110 valence electrons. The second kappa shape index (κ2) is 5.54. The van der Waals surface area contributed by atoms with Crippen LogP contribution in [0.4, 0.5) is 10.6 Å². The highest BCUT2D eigenvalue weighted by atomic mass is 79.9. The van der Waals surface area contributed by atoms with Gasteiger partial charge in [0, 0.05) is 29.8 Å². The molecule has 4 N–H and O–H groups in total. The fraction of sp³-hybridized carbons (Fsp3) is 0.400. The molecule has 0 saturated carbocycles. The highest BCUT2D eigenvalue weighted by Gasteiger charge is 2.34. The van der Waals surface area contributed by atoms with Crippen LogP contribution in [0.15, 0.2) is 21.6 Å². The Morgan fingerprint density at radius 3 is 2.95 bits per heavy atom. The highest BCUT2D eigenvalue weighted by Crippen LogP contribution is 2.26. The number of pyridine rings is 1. The van der Waals surface area contributed by atoms with Crippen molar-refractivity contribution in [1.82, 2.24) is 14.6 Å². The van der Waals surface area contributed by atoms with Crippen molar-refractivity contribution in [3.8, 4) is 0 Å². The van der Waals surface area contributed by atoms with Crippen LogP contribution >= 0.6 is 15.9 Å². The first-order valence-corrected chi connectivity index (χ1v) is 7.94. The van der Waals surface area contributed by atoms with Crippen LogP contribution < -0.4 is 11.1 Å². The minimum absolute atomic E-state index is 0.0807. The van der Waals surface area contributed by atoms with Crippen LogP contribution in [0.5, 0.6) is 0 Å². The average Bonchev–Trinajstić information content (AvgIpc) is 2.80. The summed E-state index contributed by atoms with van der Waals surface area (Å²) in [5, 5.41) is 10.9. The number of carboxylic acid groups (broad SMARTS) is 1. The molecular formula is C10H13BrN4O4S. The number of sulfonamides is 1. The van der Waals surface area contributed by atoms with Crippen LogP contribution in [0, 0.1) is 0 Å². The normalized spacial score (nSPS) is 19.9. The lowest BCUT2D eigenvalue weighted by Gasteiger charge is -2.17. The van der Waals surface area contributed by atoms with E-state index in [9.17, 15) is 13.2 Å². The van der Waals surface area contributed by atoms with Gasteiger partial charge in [-0.15, -0.1) is 0 Å². The number of nitrogen functional groups attached to an aromatic ring is 1. The zero-order valence-electron chi connectivity index (χ0n) is 10.3. The Labute approximate surface area is 124 Å². The first-order chi connectivity index (χ1) is 9.30. The average molecular weight is 365 g/mol. The molecule has 2 heterocycles. The van der Waals surface area contributed by atoms with Gasteiger partial charge in [0.2, 0.25) is 10.0 Å². The molecule has 1 aromatic heterocycles. The zero-order valence-corrected chi connectivity index (χ0v) is 12.7. The first-order valence-electron chi connectivity index (χ1n) is 5.71. The van der Waals surface area contributed by atoms with E-state index in [1.807, 2.05) is 0 Å². The summed E-state index contributed by atoms with van der Waals surface area (Å²) in [5.74, 6) is -0.0807. The summed E-state index contributed by atoms with van der Waals surface area (Å²) in [6, 6.07) is 0.971. The first kappa shape index (κ1) is 15.0. The molecule has 1 saturated heterocycles. The van der Waals surface area contributed by atoms with Crippen LogP contribution in [0.25, 0.3) is 0 Å². The number of carbonyl (C=O) groups is 1. The zero-order chi connectivity index (χ0) is 14.9. The van der Waals surface area contributed by atoms with Crippen molar-refractivity contribution in [2.24, 2.45) is 0 Å². The number of hydrogen-bond acceptors (Lipinski definition) is 5. The molecular weight excluding hydrogens is 352 g/mol. The Bertz CT molecular complexity index is 636. The van der Waals surface area contributed by atoms with Crippen molar-refractivity contribution in [1.29, 1.82) is 0 Å². The summed E-state index contributed by atoms with van der Waals surface area (Å²) in [6.07, 6.45) is 0.665. The summed E-state index contributed by atoms with van der Waals surface area (Å²) in [5.41, 5.74) is 5.61. The summed E-state index contributed by atoms with van der Waals surface area (Å²) in [6.45, 7) is 0.319. The van der Waals surface area contributed by atoms with Crippen molar-refractivity contribution in [3.05, 3.63) is 16.7 Å². The lowest BCUT2D eigenvalue weighted by atomic mass is 10.3. The maximum Gasteiger partial charge on any atom is 0.404 e. The molecule has 8 nitrogen and oxygen atoms in total. The molecule has 0 spiro atoms. The molecule has 1 amide bonds. The molecule has 1 atom stereocenters. The largest absolute Gasteiger partial charge is 0.465 e. The van der Waals surface area contributed by atoms with Crippen molar-refractivity contribution in [3.63, 3.8) is 0 Å². The van der Waals surface area contributed by atoms with Gasteiger partial charge in [-0.3, -0.25) is 0 Å². The van der Waals surface area contributed by atoms with Gasteiger partial charge in [0.1, 0.15) is 10.7 Å². The fourth-order valence-electron chi connectivity index (χ4n) is 2.02. The number of nitrogens with zero attached hydrogens (tertiary/aromatic N) is 2. The molecule has 1 fully saturated rings. The monoisotopic (exact) mass is 364 g/mol. The summed E-state index contributed by atoms with van der Waals surface area (Å²) < 4.78 is 26.6. The van der Waals surface area contributed by atoms with E-state index >= 15 is 0 Å². The minimum atomic E-state index is -3.78. The Hall–Kier alpha value is -1.39. The van der Waals surface area contributed by atoms with Crippen molar-refractivity contribution in [2.45, 2.75) is 17.4 Å². The third kappa shape index (κ3) is 3.02. The van der Waals surface area contributed by atoms with Gasteiger partial charge in [-0.2, -0.15) is 4.31 Å². The summed E-state index contributed by atoms with van der Waals surface area (Å²) >= 11 is 3.15. The van der Waals surface area contributed by atoms with E-state index in [2.05, 4.69) is 26.2 Å². The minimum Gasteiger partial charge on any atom is -0.465 e. The Morgan fingerprint density at radius 2 is 2.30 bits per heavy atom. The van der Waals surface area contributed by atoms with Crippen molar-refractivity contribution >= 4 is 37.9 Å². The molecule has 2 rings (SSSR count). The van der Waals surface area contributed by atoms with Gasteiger partial charge in [0.15, 0.2) is 0 Å². The third-order valence-corrected chi connectivity index (χ3v) is 5.27. The van der Waals surface area contributed by atoms with Gasteiger partial charge in [-0.25, -0.2) is 18.2 Å². The predicted molar refractivity (Wildman–Crippen MR) is 74.7 cm³/mol. The maximum atomic E-state index is 12.4. The second-order valence-electron chi connectivity index (χ2n) is 4.34. The van der Waals surface area contributed by atoms with E-state index < -0.39 is 22.2 Å². The van der Waals surface area contributed by atoms with Crippen molar-refractivity contribution < 1.29 is 18.3 Å². The molecule has 1 aromatic rings. The second-order valence-corrected chi connectivity index (χ2v) is 7.16. The topological polar surface area (TPSA) is 126 Å². The Balaban J connectivity index is 2.24. The van der Waals surface area contributed by atoms with Crippen LogP contribution in [0.2, 0.25) is 0 Å². The van der Waals surface area contributed by atoms with Gasteiger partial charge in [-0.05, 0) is 28.4 Å². The maximum absolute atomic E-state index is 12.4. The van der Waals surface area contributed by atoms with Gasteiger partial charge in [0.05, 0.1) is 0 Å². The lowest BCUT2D eigenvalue weighted by molar-refractivity contribution is 0.190. The molecule has 10 heteroatoms. The molecule has 20 heavy (non-hydrogen) atoms. The van der Waals surface area contributed by atoms with Gasteiger partial charge in [0.25, 0.3) is 0 Å². The SMILES string of the molecule is Nc1ncc(Br)cc1S(=O)(=O)N1CCC(NC(=O)O)C1. The number of anilines is 1. The predicted octanol–water partition coefficient (Wildman–Crippen LogP) is 0.457. The van der Waals surface area contributed by atoms with E-state index in [-0.39, 0.29) is 23.8 Å². The Morgan fingerprint density at radius 1 is 1.60 bits per heavy atom. The number of nitrogens with two attached hydrogens (primary N) is 1. The summed E-state index contributed by atoms with van der Waals surface area (Å²) in [4.78, 5) is 14.3. The highest BCUT2D eigenvalue weighted by molar-refractivity contribution is 9.10. The van der Waals surface area contributed by atoms with Crippen LogP contribution in [0.3, 0.4) is 0 Å². The van der Waals surface area contributed by atoms with Crippen molar-refractivity contribution in [2.75, 3.05) is 18.8 Å². The quantitative estimate of drug-likeness (QED) is 0.714. The van der Waals surface area contributed by atoms with E-state index in [1.54, 1.807) is 0 Å². The van der Waals surface area contributed by atoms with Crippen LogP contribution in [0.1, 0.15) is 6.42 Å². The Kier molecular flexibility index (Phi) is 4.16. The number of aromatic nitrogens is 1. The van der Waals surface area contributed by atoms with E-state index in [0.29, 0.717) is 10.9 Å². The van der Waals surface area contributed by atoms with E-state index in [1.165, 1.54) is 16.6 Å². The summed E-state index contributed by atoms with van der Waals surface area (Å²) in [7, 11) is -3.78.